The molecule has 0 saturated carbocycles. The van der Waals surface area contributed by atoms with Crippen molar-refractivity contribution in [1.82, 2.24) is 0 Å². The third-order valence-corrected chi connectivity index (χ3v) is 4.06. The van der Waals surface area contributed by atoms with Gasteiger partial charge in [0.15, 0.2) is 5.43 Å². The molecule has 0 aliphatic rings. The van der Waals surface area contributed by atoms with Gasteiger partial charge in [-0.25, -0.2) is 0 Å². The summed E-state index contributed by atoms with van der Waals surface area (Å²) >= 11 is 3.45. The quantitative estimate of drug-likeness (QED) is 0.602. The summed E-state index contributed by atoms with van der Waals surface area (Å²) in [6, 6.07) is 16.0. The van der Waals surface area contributed by atoms with Gasteiger partial charge in [-0.2, -0.15) is 0 Å². The van der Waals surface area contributed by atoms with Crippen LogP contribution in [-0.4, -0.2) is 0 Å². The van der Waals surface area contributed by atoms with E-state index in [9.17, 15) is 4.79 Å². The Bertz CT molecular complexity index is 837. The van der Waals surface area contributed by atoms with E-state index in [-0.39, 0.29) is 5.43 Å². The Morgan fingerprint density at radius 2 is 1.53 bits per heavy atom. The first kappa shape index (κ1) is 12.4. The molecule has 0 saturated heterocycles. The fourth-order valence-electron chi connectivity index (χ4n) is 2.39. The highest BCUT2D eigenvalue weighted by Crippen LogP contribution is 2.18. The lowest BCUT2D eigenvalue weighted by atomic mass is 10.1. The van der Waals surface area contributed by atoms with E-state index >= 15 is 0 Å². The number of hydrogen-bond donors (Lipinski definition) is 0. The highest BCUT2D eigenvalue weighted by atomic mass is 79.9. The van der Waals surface area contributed by atoms with Crippen molar-refractivity contribution in [3.63, 3.8) is 0 Å². The molecular weight excluding hydrogens is 300 g/mol. The van der Waals surface area contributed by atoms with Crippen molar-refractivity contribution in [1.29, 1.82) is 0 Å². The van der Waals surface area contributed by atoms with Crippen molar-refractivity contribution in [2.45, 2.75) is 12.3 Å². The van der Waals surface area contributed by atoms with Crippen LogP contribution in [0.4, 0.5) is 0 Å². The Hall–Kier alpha value is -1.67. The Kier molecular flexibility index (Phi) is 3.11. The molecule has 0 unspecified atom stereocenters. The molecule has 0 N–H and O–H groups in total. The molecule has 0 heterocycles. The second-order valence-electron chi connectivity index (χ2n) is 4.81. The van der Waals surface area contributed by atoms with Gasteiger partial charge in [0.1, 0.15) is 0 Å². The summed E-state index contributed by atoms with van der Waals surface area (Å²) in [6.45, 7) is 2.04. The summed E-state index contributed by atoms with van der Waals surface area (Å²) in [4.78, 5) is 12.6. The first-order valence-corrected chi connectivity index (χ1v) is 7.33. The molecule has 0 atom stereocenters. The first-order chi connectivity index (χ1) is 9.19. The second kappa shape index (κ2) is 4.78. The average Bonchev–Trinajstić information content (AvgIpc) is 2.56. The van der Waals surface area contributed by atoms with E-state index < -0.39 is 0 Å². The second-order valence-corrected chi connectivity index (χ2v) is 5.37. The highest BCUT2D eigenvalue weighted by molar-refractivity contribution is 9.08. The maximum Gasteiger partial charge on any atom is 0.194 e. The minimum Gasteiger partial charge on any atom is -0.289 e. The third-order valence-electron chi connectivity index (χ3n) is 3.41. The summed E-state index contributed by atoms with van der Waals surface area (Å²) in [5.41, 5.74) is 2.46. The lowest BCUT2D eigenvalue weighted by molar-refractivity contribution is 1.47. The van der Waals surface area contributed by atoms with E-state index in [4.69, 9.17) is 0 Å². The predicted octanol–water partition coefficient (Wildman–Crippen LogP) is 4.56. The number of hydrogen-bond acceptors (Lipinski definition) is 1. The summed E-state index contributed by atoms with van der Waals surface area (Å²) in [5, 5.41) is 4.36. The van der Waals surface area contributed by atoms with Crippen molar-refractivity contribution in [2.24, 2.45) is 0 Å². The Morgan fingerprint density at radius 1 is 0.895 bits per heavy atom. The van der Waals surface area contributed by atoms with Gasteiger partial charge in [0.25, 0.3) is 0 Å². The normalized spacial score (nSPS) is 11.1. The van der Waals surface area contributed by atoms with Crippen LogP contribution < -0.4 is 5.43 Å². The van der Waals surface area contributed by atoms with E-state index in [1.807, 2.05) is 43.3 Å². The molecule has 0 bridgehead atoms. The van der Waals surface area contributed by atoms with Crippen LogP contribution in [0.2, 0.25) is 0 Å². The van der Waals surface area contributed by atoms with Gasteiger partial charge in [-0.05, 0) is 23.3 Å². The van der Waals surface area contributed by atoms with Crippen molar-refractivity contribution < 1.29 is 0 Å². The topological polar surface area (TPSA) is 17.1 Å². The maximum absolute atomic E-state index is 12.6. The molecule has 3 aromatic carbocycles. The van der Waals surface area contributed by atoms with Crippen molar-refractivity contribution in [3.05, 3.63) is 69.9 Å². The summed E-state index contributed by atoms with van der Waals surface area (Å²) in [6.07, 6.45) is 0. The highest BCUT2D eigenvalue weighted by Gasteiger charge is 2.03. The van der Waals surface area contributed by atoms with Crippen LogP contribution in [0, 0.1) is 6.92 Å². The van der Waals surface area contributed by atoms with Crippen molar-refractivity contribution >= 4 is 37.5 Å². The van der Waals surface area contributed by atoms with Gasteiger partial charge >= 0.3 is 0 Å². The minimum absolute atomic E-state index is 0.108. The predicted molar refractivity (Wildman–Crippen MR) is 85.1 cm³/mol. The van der Waals surface area contributed by atoms with Gasteiger partial charge in [-0.1, -0.05) is 70.0 Å². The van der Waals surface area contributed by atoms with E-state index in [2.05, 4.69) is 28.1 Å². The number of aryl methyl sites for hydroxylation is 1. The molecule has 94 valence electrons. The van der Waals surface area contributed by atoms with Gasteiger partial charge in [0, 0.05) is 16.1 Å². The summed E-state index contributed by atoms with van der Waals surface area (Å²) < 4.78 is 0. The summed E-state index contributed by atoms with van der Waals surface area (Å²) in [5.74, 6) is 0. The standard InChI is InChI=1S/C17H13BrO/c1-11-2-6-15-13(8-11)4-5-14-9-12(10-18)3-7-16(14)17(15)19/h2-9H,10H2,1H3. The zero-order chi connectivity index (χ0) is 13.4. The molecule has 2 heteroatoms. The molecule has 0 aromatic heterocycles. The molecule has 3 rings (SSSR count). The van der Waals surface area contributed by atoms with Gasteiger partial charge in [-0.15, -0.1) is 0 Å². The molecule has 0 fully saturated rings. The molecule has 0 radical (unpaired) electrons. The average molecular weight is 313 g/mol. The maximum atomic E-state index is 12.6. The van der Waals surface area contributed by atoms with Crippen LogP contribution in [0.5, 0.6) is 0 Å². The van der Waals surface area contributed by atoms with Crippen molar-refractivity contribution in [3.8, 4) is 0 Å². The molecule has 0 aliphatic heterocycles. The minimum atomic E-state index is 0.108. The fraction of sp³-hybridized carbons (Fsp3) is 0.118. The van der Waals surface area contributed by atoms with Crippen LogP contribution >= 0.6 is 15.9 Å². The van der Waals surface area contributed by atoms with Gasteiger partial charge in [0.05, 0.1) is 0 Å². The zero-order valence-electron chi connectivity index (χ0n) is 10.6. The largest absolute Gasteiger partial charge is 0.289 e. The molecule has 0 spiro atoms. The van der Waals surface area contributed by atoms with E-state index in [1.54, 1.807) is 0 Å². The third kappa shape index (κ3) is 2.17. The Balaban J connectivity index is 2.51. The van der Waals surface area contributed by atoms with Crippen LogP contribution in [0.1, 0.15) is 11.1 Å². The molecular formula is C17H13BrO. The lowest BCUT2D eigenvalue weighted by Gasteiger charge is -1.96. The molecule has 3 aromatic rings. The first-order valence-electron chi connectivity index (χ1n) is 6.21. The smallest absolute Gasteiger partial charge is 0.194 e. The number of rotatable bonds is 1. The van der Waals surface area contributed by atoms with E-state index in [0.29, 0.717) is 0 Å². The van der Waals surface area contributed by atoms with Crippen LogP contribution in [0.25, 0.3) is 21.5 Å². The van der Waals surface area contributed by atoms with Gasteiger partial charge < -0.3 is 0 Å². The van der Waals surface area contributed by atoms with Gasteiger partial charge in [0.2, 0.25) is 0 Å². The number of fused-ring (bicyclic) bond motifs is 2. The number of halogens is 1. The monoisotopic (exact) mass is 312 g/mol. The molecule has 19 heavy (non-hydrogen) atoms. The molecule has 0 aliphatic carbocycles. The Labute approximate surface area is 120 Å². The SMILES string of the molecule is Cc1ccc2c(=O)c3ccc(CBr)cc3ccc2c1. The molecule has 1 nitrogen and oxygen atoms in total. The molecule has 0 amide bonds. The van der Waals surface area contributed by atoms with Gasteiger partial charge in [-0.3, -0.25) is 4.79 Å². The van der Waals surface area contributed by atoms with Crippen LogP contribution in [0.15, 0.2) is 53.3 Å². The Morgan fingerprint density at radius 3 is 2.21 bits per heavy atom. The van der Waals surface area contributed by atoms with E-state index in [1.165, 1.54) is 11.1 Å². The lowest BCUT2D eigenvalue weighted by Crippen LogP contribution is -1.98. The number of alkyl halides is 1. The number of benzene rings is 2. The van der Waals surface area contributed by atoms with Crippen LogP contribution in [0.3, 0.4) is 0 Å². The summed E-state index contributed by atoms with van der Waals surface area (Å²) in [7, 11) is 0. The zero-order valence-corrected chi connectivity index (χ0v) is 12.2. The van der Waals surface area contributed by atoms with Crippen molar-refractivity contribution in [2.75, 3.05) is 0 Å². The van der Waals surface area contributed by atoms with Crippen LogP contribution in [-0.2, 0) is 5.33 Å². The van der Waals surface area contributed by atoms with E-state index in [0.717, 1.165) is 26.9 Å². The fourth-order valence-corrected chi connectivity index (χ4v) is 2.74.